The van der Waals surface area contributed by atoms with Crippen molar-refractivity contribution in [3.8, 4) is 0 Å². The van der Waals surface area contributed by atoms with Crippen LogP contribution in [0.25, 0.3) is 0 Å². The largest absolute Gasteiger partial charge is 0.378 e. The van der Waals surface area contributed by atoms with Crippen LogP contribution in [-0.4, -0.2) is 48.2 Å². The summed E-state index contributed by atoms with van der Waals surface area (Å²) in [6.45, 7) is 6.18. The Kier molecular flexibility index (Phi) is 5.51. The van der Waals surface area contributed by atoms with Gasteiger partial charge in [-0.1, -0.05) is 18.5 Å². The minimum absolute atomic E-state index is 0.102. The van der Waals surface area contributed by atoms with E-state index in [2.05, 4.69) is 21.8 Å². The quantitative estimate of drug-likeness (QED) is 0.775. The molecule has 1 aromatic rings. The molecule has 0 radical (unpaired) electrons. The highest BCUT2D eigenvalue weighted by Crippen LogP contribution is 2.21. The highest BCUT2D eigenvalue weighted by Gasteiger charge is 2.24. The Morgan fingerprint density at radius 3 is 3.11 bits per heavy atom. The van der Waals surface area contributed by atoms with Gasteiger partial charge in [0.05, 0.1) is 18.9 Å². The predicted molar refractivity (Wildman–Crippen MR) is 73.2 cm³/mol. The molecule has 106 valence electrons. The summed E-state index contributed by atoms with van der Waals surface area (Å²) in [4.78, 5) is 11.1. The van der Waals surface area contributed by atoms with Gasteiger partial charge in [-0.15, -0.1) is 0 Å². The van der Waals surface area contributed by atoms with Crippen LogP contribution in [-0.2, 0) is 16.1 Å². The molecule has 0 amide bonds. The van der Waals surface area contributed by atoms with Gasteiger partial charge in [0, 0.05) is 20.2 Å². The van der Waals surface area contributed by atoms with E-state index in [0.29, 0.717) is 24.2 Å². The maximum absolute atomic E-state index is 6.03. The van der Waals surface area contributed by atoms with E-state index in [1.165, 1.54) is 0 Å². The van der Waals surface area contributed by atoms with Crippen LogP contribution in [0.1, 0.15) is 31.0 Å². The predicted octanol–water partition coefficient (Wildman–Crippen LogP) is 2.06. The Labute approximate surface area is 118 Å². The molecule has 1 aliphatic heterocycles. The molecule has 0 spiro atoms. The highest BCUT2D eigenvalue weighted by atomic mass is 35.5. The fraction of sp³-hybridized carbons (Fsp3) is 0.692. The normalized spacial score (nSPS) is 20.7. The molecule has 0 bridgehead atoms. The standard InChI is InChI=1S/C13H20ClN3O2/c1-3-4-17-5-6-19-11(8-17)13-15-10(9-18-2)7-12(14)16-13/h7,11H,3-6,8-9H2,1-2H3. The summed E-state index contributed by atoms with van der Waals surface area (Å²) in [6.07, 6.45) is 1.03. The zero-order chi connectivity index (χ0) is 13.7. The number of hydrogen-bond acceptors (Lipinski definition) is 5. The van der Waals surface area contributed by atoms with Crippen LogP contribution in [0.4, 0.5) is 0 Å². The molecule has 1 atom stereocenters. The summed E-state index contributed by atoms with van der Waals surface area (Å²) in [5, 5.41) is 0.438. The molecular formula is C13H20ClN3O2. The van der Waals surface area contributed by atoms with Crippen molar-refractivity contribution in [3.63, 3.8) is 0 Å². The van der Waals surface area contributed by atoms with Crippen LogP contribution in [0, 0.1) is 0 Å². The Balaban J connectivity index is 2.11. The number of methoxy groups -OCH3 is 1. The molecule has 0 aliphatic carbocycles. The minimum atomic E-state index is -0.102. The second-order valence-electron chi connectivity index (χ2n) is 4.63. The fourth-order valence-electron chi connectivity index (χ4n) is 2.23. The Bertz CT molecular complexity index is 415. The van der Waals surface area contributed by atoms with E-state index in [0.717, 1.165) is 31.7 Å². The summed E-state index contributed by atoms with van der Waals surface area (Å²) in [7, 11) is 1.63. The second-order valence-corrected chi connectivity index (χ2v) is 5.02. The first-order valence-corrected chi connectivity index (χ1v) is 6.97. The molecule has 2 heterocycles. The van der Waals surface area contributed by atoms with Crippen LogP contribution in [0.3, 0.4) is 0 Å². The second kappa shape index (κ2) is 7.14. The van der Waals surface area contributed by atoms with Crippen molar-refractivity contribution in [2.24, 2.45) is 0 Å². The number of rotatable bonds is 5. The SMILES string of the molecule is CCCN1CCOC(c2nc(Cl)cc(COC)n2)C1. The van der Waals surface area contributed by atoms with Gasteiger partial charge in [0.15, 0.2) is 5.82 Å². The maximum Gasteiger partial charge on any atom is 0.160 e. The topological polar surface area (TPSA) is 47.5 Å². The zero-order valence-electron chi connectivity index (χ0n) is 11.4. The van der Waals surface area contributed by atoms with Crippen LogP contribution in [0.15, 0.2) is 6.07 Å². The van der Waals surface area contributed by atoms with E-state index in [1.807, 2.05) is 0 Å². The van der Waals surface area contributed by atoms with Crippen molar-refractivity contribution in [1.29, 1.82) is 0 Å². The van der Waals surface area contributed by atoms with Gasteiger partial charge in [-0.2, -0.15) is 0 Å². The first-order chi connectivity index (χ1) is 9.22. The lowest BCUT2D eigenvalue weighted by molar-refractivity contribution is -0.0344. The third-order valence-corrected chi connectivity index (χ3v) is 3.23. The lowest BCUT2D eigenvalue weighted by Gasteiger charge is -2.31. The highest BCUT2D eigenvalue weighted by molar-refractivity contribution is 6.29. The number of nitrogens with zero attached hydrogens (tertiary/aromatic N) is 3. The number of aromatic nitrogens is 2. The molecule has 0 aromatic carbocycles. The molecular weight excluding hydrogens is 266 g/mol. The summed E-state index contributed by atoms with van der Waals surface area (Å²) < 4.78 is 10.8. The van der Waals surface area contributed by atoms with Crippen molar-refractivity contribution < 1.29 is 9.47 Å². The molecule has 2 rings (SSSR count). The molecule has 0 saturated carbocycles. The van der Waals surface area contributed by atoms with E-state index in [1.54, 1.807) is 13.2 Å². The Morgan fingerprint density at radius 1 is 1.53 bits per heavy atom. The third-order valence-electron chi connectivity index (χ3n) is 3.04. The summed E-state index contributed by atoms with van der Waals surface area (Å²) in [5.41, 5.74) is 0.786. The van der Waals surface area contributed by atoms with Crippen LogP contribution in [0.5, 0.6) is 0 Å². The smallest absolute Gasteiger partial charge is 0.160 e. The monoisotopic (exact) mass is 285 g/mol. The lowest BCUT2D eigenvalue weighted by Crippen LogP contribution is -2.39. The summed E-state index contributed by atoms with van der Waals surface area (Å²) in [5.74, 6) is 0.653. The molecule has 1 saturated heterocycles. The van der Waals surface area contributed by atoms with Gasteiger partial charge < -0.3 is 9.47 Å². The fourth-order valence-corrected chi connectivity index (χ4v) is 2.44. The van der Waals surface area contributed by atoms with E-state index >= 15 is 0 Å². The minimum Gasteiger partial charge on any atom is -0.378 e. The van der Waals surface area contributed by atoms with Crippen molar-refractivity contribution in [1.82, 2.24) is 14.9 Å². The first kappa shape index (κ1) is 14.7. The van der Waals surface area contributed by atoms with Gasteiger partial charge in [0.25, 0.3) is 0 Å². The number of hydrogen-bond donors (Lipinski definition) is 0. The maximum atomic E-state index is 6.03. The van der Waals surface area contributed by atoms with Gasteiger partial charge >= 0.3 is 0 Å². The van der Waals surface area contributed by atoms with Gasteiger partial charge in [-0.25, -0.2) is 9.97 Å². The number of ether oxygens (including phenoxy) is 2. The molecule has 1 unspecified atom stereocenters. The number of morpholine rings is 1. The van der Waals surface area contributed by atoms with Crippen LogP contribution in [0.2, 0.25) is 5.15 Å². The Hall–Kier alpha value is -0.750. The molecule has 5 nitrogen and oxygen atoms in total. The van der Waals surface area contributed by atoms with Gasteiger partial charge in [0.2, 0.25) is 0 Å². The van der Waals surface area contributed by atoms with Crippen molar-refractivity contribution in [2.75, 3.05) is 33.4 Å². The zero-order valence-corrected chi connectivity index (χ0v) is 12.2. The van der Waals surface area contributed by atoms with Crippen molar-refractivity contribution >= 4 is 11.6 Å². The molecule has 6 heteroatoms. The van der Waals surface area contributed by atoms with Gasteiger partial charge in [0.1, 0.15) is 11.3 Å². The first-order valence-electron chi connectivity index (χ1n) is 6.59. The van der Waals surface area contributed by atoms with E-state index in [4.69, 9.17) is 21.1 Å². The van der Waals surface area contributed by atoms with E-state index in [-0.39, 0.29) is 6.10 Å². The molecule has 1 aliphatic rings. The molecule has 19 heavy (non-hydrogen) atoms. The lowest BCUT2D eigenvalue weighted by atomic mass is 10.2. The van der Waals surface area contributed by atoms with E-state index in [9.17, 15) is 0 Å². The van der Waals surface area contributed by atoms with Gasteiger partial charge in [-0.3, -0.25) is 4.90 Å². The third kappa shape index (κ3) is 4.11. The molecule has 1 fully saturated rings. The van der Waals surface area contributed by atoms with E-state index < -0.39 is 0 Å². The van der Waals surface area contributed by atoms with Crippen LogP contribution < -0.4 is 0 Å². The molecule has 0 N–H and O–H groups in total. The van der Waals surface area contributed by atoms with Gasteiger partial charge in [-0.05, 0) is 19.0 Å². The Morgan fingerprint density at radius 2 is 2.37 bits per heavy atom. The van der Waals surface area contributed by atoms with Crippen molar-refractivity contribution in [3.05, 3.63) is 22.7 Å². The number of halogens is 1. The average molecular weight is 286 g/mol. The summed E-state index contributed by atoms with van der Waals surface area (Å²) >= 11 is 6.03. The van der Waals surface area contributed by atoms with Crippen LogP contribution >= 0.6 is 11.6 Å². The summed E-state index contributed by atoms with van der Waals surface area (Å²) in [6, 6.07) is 1.72. The average Bonchev–Trinajstić information content (AvgIpc) is 2.39. The van der Waals surface area contributed by atoms with Crippen molar-refractivity contribution in [2.45, 2.75) is 26.1 Å². The molecule has 1 aromatic heterocycles.